The first-order valence-electron chi connectivity index (χ1n) is 5.58. The van der Waals surface area contributed by atoms with E-state index in [1.54, 1.807) is 27.7 Å². The summed E-state index contributed by atoms with van der Waals surface area (Å²) in [7, 11) is 0. The van der Waals surface area contributed by atoms with Crippen molar-refractivity contribution in [1.29, 1.82) is 0 Å². The lowest BCUT2D eigenvalue weighted by Crippen LogP contribution is -2.32. The average molecular weight is 244 g/mol. The predicted octanol–water partition coefficient (Wildman–Crippen LogP) is 1.49. The summed E-state index contributed by atoms with van der Waals surface area (Å²) in [6.07, 6.45) is -0.395. The molecule has 0 bridgehead atoms. The van der Waals surface area contributed by atoms with Gasteiger partial charge in [-0.2, -0.15) is 0 Å². The van der Waals surface area contributed by atoms with Crippen LogP contribution in [0.1, 0.15) is 41.0 Å². The topological polar surface area (TPSA) is 69.7 Å². The predicted molar refractivity (Wildman–Crippen MR) is 61.3 cm³/mol. The second-order valence-corrected chi connectivity index (χ2v) is 4.70. The summed E-state index contributed by atoms with van der Waals surface area (Å²) >= 11 is 0. The van der Waals surface area contributed by atoms with Gasteiger partial charge in [0.2, 0.25) is 0 Å². The molecule has 0 aliphatic heterocycles. The molecule has 0 spiro atoms. The fraction of sp³-hybridized carbons (Fsp3) is 0.750. The molecular weight excluding hydrogens is 224 g/mol. The summed E-state index contributed by atoms with van der Waals surface area (Å²) in [6.45, 7) is 8.44. The number of esters is 2. The highest BCUT2D eigenvalue weighted by molar-refractivity contribution is 6.05. The van der Waals surface area contributed by atoms with Crippen LogP contribution in [0.4, 0.5) is 0 Å². The second kappa shape index (κ2) is 6.37. The van der Waals surface area contributed by atoms with Crippen molar-refractivity contribution in [3.8, 4) is 0 Å². The fourth-order valence-electron chi connectivity index (χ4n) is 1.03. The van der Waals surface area contributed by atoms with Crippen molar-refractivity contribution < 1.29 is 23.9 Å². The molecule has 0 saturated carbocycles. The third-order valence-corrected chi connectivity index (χ3v) is 1.87. The molecule has 0 saturated heterocycles. The minimum Gasteiger partial charge on any atom is -0.466 e. The maximum absolute atomic E-state index is 11.6. The molecule has 17 heavy (non-hydrogen) atoms. The van der Waals surface area contributed by atoms with E-state index in [0.29, 0.717) is 0 Å². The van der Waals surface area contributed by atoms with Gasteiger partial charge >= 0.3 is 11.9 Å². The summed E-state index contributed by atoms with van der Waals surface area (Å²) in [4.78, 5) is 34.2. The van der Waals surface area contributed by atoms with E-state index < -0.39 is 35.7 Å². The van der Waals surface area contributed by atoms with Crippen molar-refractivity contribution in [3.63, 3.8) is 0 Å². The lowest BCUT2D eigenvalue weighted by atomic mass is 10.0. The van der Waals surface area contributed by atoms with Crippen molar-refractivity contribution in [2.75, 3.05) is 6.61 Å². The summed E-state index contributed by atoms with van der Waals surface area (Å²) < 4.78 is 9.68. The van der Waals surface area contributed by atoms with E-state index in [9.17, 15) is 14.4 Å². The third-order valence-electron chi connectivity index (χ3n) is 1.87. The number of ether oxygens (including phenoxy) is 2. The van der Waals surface area contributed by atoms with Crippen LogP contribution in [0.5, 0.6) is 0 Å². The van der Waals surface area contributed by atoms with Crippen molar-refractivity contribution in [2.45, 2.75) is 46.6 Å². The number of ketones is 1. The molecule has 1 atom stereocenters. The number of hydrogen-bond donors (Lipinski definition) is 0. The molecule has 0 radical (unpaired) electrons. The fourth-order valence-corrected chi connectivity index (χ4v) is 1.03. The zero-order valence-electron chi connectivity index (χ0n) is 11.0. The van der Waals surface area contributed by atoms with E-state index in [0.717, 1.165) is 0 Å². The Morgan fingerprint density at radius 2 is 1.71 bits per heavy atom. The van der Waals surface area contributed by atoms with Crippen LogP contribution in [-0.4, -0.2) is 29.9 Å². The van der Waals surface area contributed by atoms with Gasteiger partial charge in [-0.15, -0.1) is 0 Å². The number of hydrogen-bond acceptors (Lipinski definition) is 5. The summed E-state index contributed by atoms with van der Waals surface area (Å²) in [5.41, 5.74) is -0.643. The lowest BCUT2D eigenvalue weighted by Gasteiger charge is -2.21. The van der Waals surface area contributed by atoms with Crippen molar-refractivity contribution in [1.82, 2.24) is 0 Å². The van der Waals surface area contributed by atoms with Gasteiger partial charge in [-0.25, -0.2) is 0 Å². The molecule has 0 unspecified atom stereocenters. The van der Waals surface area contributed by atoms with Crippen LogP contribution < -0.4 is 0 Å². The molecule has 0 aliphatic rings. The summed E-state index contributed by atoms with van der Waals surface area (Å²) in [5.74, 6) is -2.67. The number of carbonyl (C=O) groups excluding carboxylic acids is 3. The molecule has 0 aliphatic carbocycles. The average Bonchev–Trinajstić information content (AvgIpc) is 2.13. The molecule has 0 heterocycles. The van der Waals surface area contributed by atoms with Crippen LogP contribution in [0.2, 0.25) is 0 Å². The molecular formula is C12H20O5. The molecule has 0 fully saturated rings. The Labute approximate surface area is 101 Å². The van der Waals surface area contributed by atoms with Crippen molar-refractivity contribution >= 4 is 17.7 Å². The SMILES string of the molecule is CCOC(=O)CC(=O)[C@H](C)C(=O)OC(C)(C)C. The zero-order chi connectivity index (χ0) is 13.6. The summed E-state index contributed by atoms with van der Waals surface area (Å²) in [6, 6.07) is 0. The van der Waals surface area contributed by atoms with Gasteiger partial charge < -0.3 is 9.47 Å². The monoisotopic (exact) mass is 244 g/mol. The molecule has 0 rings (SSSR count). The van der Waals surface area contributed by atoms with Crippen LogP contribution in [0.25, 0.3) is 0 Å². The number of rotatable bonds is 5. The van der Waals surface area contributed by atoms with Gasteiger partial charge in [0, 0.05) is 0 Å². The Kier molecular flexibility index (Phi) is 5.85. The summed E-state index contributed by atoms with van der Waals surface area (Å²) in [5, 5.41) is 0. The first-order chi connectivity index (χ1) is 7.67. The molecule has 0 amide bonds. The Bertz CT molecular complexity index is 301. The third kappa shape index (κ3) is 6.71. The van der Waals surface area contributed by atoms with Crippen LogP contribution in [0.15, 0.2) is 0 Å². The zero-order valence-corrected chi connectivity index (χ0v) is 11.0. The maximum Gasteiger partial charge on any atom is 0.316 e. The molecule has 0 N–H and O–H groups in total. The van der Waals surface area contributed by atoms with Gasteiger partial charge in [-0.3, -0.25) is 14.4 Å². The van der Waals surface area contributed by atoms with Gasteiger partial charge in [-0.1, -0.05) is 0 Å². The number of Topliss-reactive ketones (excluding diaryl/α,β-unsaturated/α-hetero) is 1. The molecule has 98 valence electrons. The highest BCUT2D eigenvalue weighted by atomic mass is 16.6. The minimum absolute atomic E-state index is 0.215. The van der Waals surface area contributed by atoms with Gasteiger partial charge in [-0.05, 0) is 34.6 Å². The largest absolute Gasteiger partial charge is 0.466 e. The van der Waals surface area contributed by atoms with Gasteiger partial charge in [0.15, 0.2) is 5.78 Å². The normalized spacial score (nSPS) is 12.8. The van der Waals surface area contributed by atoms with Crippen LogP contribution in [0.3, 0.4) is 0 Å². The smallest absolute Gasteiger partial charge is 0.316 e. The van der Waals surface area contributed by atoms with E-state index in [1.165, 1.54) is 6.92 Å². The van der Waals surface area contributed by atoms with Gasteiger partial charge in [0.25, 0.3) is 0 Å². The first-order valence-corrected chi connectivity index (χ1v) is 5.58. The Morgan fingerprint density at radius 1 is 1.18 bits per heavy atom. The number of carbonyl (C=O) groups is 3. The van der Waals surface area contributed by atoms with E-state index in [4.69, 9.17) is 4.74 Å². The Hall–Kier alpha value is -1.39. The highest BCUT2D eigenvalue weighted by Gasteiger charge is 2.28. The Balaban J connectivity index is 4.31. The highest BCUT2D eigenvalue weighted by Crippen LogP contribution is 2.12. The quantitative estimate of drug-likeness (QED) is 0.541. The van der Waals surface area contributed by atoms with Crippen LogP contribution >= 0.6 is 0 Å². The first kappa shape index (κ1) is 15.6. The van der Waals surface area contributed by atoms with Gasteiger partial charge in [0.05, 0.1) is 6.61 Å². The minimum atomic E-state index is -0.946. The Morgan fingerprint density at radius 3 is 2.12 bits per heavy atom. The second-order valence-electron chi connectivity index (χ2n) is 4.70. The van der Waals surface area contributed by atoms with E-state index in [1.807, 2.05) is 0 Å². The van der Waals surface area contributed by atoms with Crippen LogP contribution in [-0.2, 0) is 23.9 Å². The van der Waals surface area contributed by atoms with Crippen molar-refractivity contribution in [2.24, 2.45) is 5.92 Å². The van der Waals surface area contributed by atoms with Crippen molar-refractivity contribution in [3.05, 3.63) is 0 Å². The lowest BCUT2D eigenvalue weighted by molar-refractivity contribution is -0.161. The van der Waals surface area contributed by atoms with E-state index in [-0.39, 0.29) is 6.61 Å². The van der Waals surface area contributed by atoms with Gasteiger partial charge in [0.1, 0.15) is 17.9 Å². The molecule has 0 aromatic carbocycles. The maximum atomic E-state index is 11.6. The van der Waals surface area contributed by atoms with Crippen LogP contribution in [0, 0.1) is 5.92 Å². The van der Waals surface area contributed by atoms with E-state index >= 15 is 0 Å². The molecule has 0 aromatic heterocycles. The van der Waals surface area contributed by atoms with E-state index in [2.05, 4.69) is 4.74 Å². The standard InChI is InChI=1S/C12H20O5/c1-6-16-10(14)7-9(13)8(2)11(15)17-12(3,4)5/h8H,6-7H2,1-5H3/t8-/m0/s1. The molecule has 5 nitrogen and oxygen atoms in total. The molecule has 5 heteroatoms. The molecule has 0 aromatic rings.